The summed E-state index contributed by atoms with van der Waals surface area (Å²) in [4.78, 5) is 38.1. The molecular formula is C23H28N4O3. The van der Waals surface area contributed by atoms with Gasteiger partial charge in [0.05, 0.1) is 0 Å². The van der Waals surface area contributed by atoms with Gasteiger partial charge >= 0.3 is 11.8 Å². The van der Waals surface area contributed by atoms with Gasteiger partial charge in [0.25, 0.3) is 0 Å². The first-order valence-corrected chi connectivity index (χ1v) is 10.3. The molecule has 158 valence electrons. The maximum atomic E-state index is 12.2. The number of hydrogen-bond donors (Lipinski definition) is 3. The van der Waals surface area contributed by atoms with E-state index in [-0.39, 0.29) is 11.9 Å². The van der Waals surface area contributed by atoms with Gasteiger partial charge in [0.15, 0.2) is 0 Å². The van der Waals surface area contributed by atoms with Crippen LogP contribution in [0.15, 0.2) is 48.5 Å². The van der Waals surface area contributed by atoms with Crippen LogP contribution in [0.1, 0.15) is 31.4 Å². The van der Waals surface area contributed by atoms with Crippen molar-refractivity contribution in [3.8, 4) is 0 Å². The van der Waals surface area contributed by atoms with Crippen LogP contribution in [0.2, 0.25) is 0 Å². The normalized spacial score (nSPS) is 14.3. The minimum absolute atomic E-state index is 0.0857. The Hall–Kier alpha value is -3.19. The fourth-order valence-corrected chi connectivity index (χ4v) is 3.42. The Kier molecular flexibility index (Phi) is 7.19. The number of fused-ring (bicyclic) bond motifs is 1. The smallest absolute Gasteiger partial charge is 0.313 e. The molecule has 1 aliphatic heterocycles. The molecule has 1 unspecified atom stereocenters. The summed E-state index contributed by atoms with van der Waals surface area (Å²) in [7, 11) is 0. The van der Waals surface area contributed by atoms with Gasteiger partial charge in [0.1, 0.15) is 0 Å². The van der Waals surface area contributed by atoms with Gasteiger partial charge in [0.2, 0.25) is 5.91 Å². The van der Waals surface area contributed by atoms with E-state index in [2.05, 4.69) is 46.0 Å². The minimum atomic E-state index is -0.712. The van der Waals surface area contributed by atoms with E-state index in [1.54, 1.807) is 31.2 Å². The van der Waals surface area contributed by atoms with Crippen LogP contribution >= 0.6 is 0 Å². The molecule has 0 aromatic heterocycles. The maximum absolute atomic E-state index is 12.2. The summed E-state index contributed by atoms with van der Waals surface area (Å²) in [5, 5.41) is 8.02. The number of nitrogens with one attached hydrogen (secondary N) is 3. The molecular weight excluding hydrogens is 380 g/mol. The van der Waals surface area contributed by atoms with Crippen molar-refractivity contribution in [1.29, 1.82) is 0 Å². The van der Waals surface area contributed by atoms with Crippen LogP contribution in [-0.4, -0.2) is 41.8 Å². The zero-order valence-electron chi connectivity index (χ0n) is 17.4. The summed E-state index contributed by atoms with van der Waals surface area (Å²) < 4.78 is 0. The van der Waals surface area contributed by atoms with Crippen molar-refractivity contribution in [1.82, 2.24) is 10.2 Å². The predicted octanol–water partition coefficient (Wildman–Crippen LogP) is 2.54. The first kappa shape index (κ1) is 21.5. The molecule has 0 saturated carbocycles. The fraction of sp³-hybridized carbons (Fsp3) is 0.348. The average molecular weight is 409 g/mol. The number of carbonyl (C=O) groups is 3. The second kappa shape index (κ2) is 10.0. The third kappa shape index (κ3) is 5.67. The molecule has 7 nitrogen and oxygen atoms in total. The molecule has 1 atom stereocenters. The van der Waals surface area contributed by atoms with Crippen molar-refractivity contribution in [3.05, 3.63) is 59.7 Å². The number of hydrogen-bond acceptors (Lipinski definition) is 4. The van der Waals surface area contributed by atoms with Crippen LogP contribution in [0, 0.1) is 0 Å². The van der Waals surface area contributed by atoms with Gasteiger partial charge in [0, 0.05) is 43.5 Å². The van der Waals surface area contributed by atoms with Crippen molar-refractivity contribution < 1.29 is 14.4 Å². The molecule has 3 rings (SSSR count). The minimum Gasteiger partial charge on any atom is -0.346 e. The monoisotopic (exact) mass is 408 g/mol. The fourth-order valence-electron chi connectivity index (χ4n) is 3.42. The van der Waals surface area contributed by atoms with Crippen molar-refractivity contribution in [3.63, 3.8) is 0 Å². The average Bonchev–Trinajstić information content (AvgIpc) is 2.77. The van der Waals surface area contributed by atoms with Crippen LogP contribution in [0.4, 0.5) is 11.4 Å². The van der Waals surface area contributed by atoms with Crippen molar-refractivity contribution in [2.75, 3.05) is 23.7 Å². The number of carbonyl (C=O) groups excluding carboxylic acids is 3. The number of anilines is 2. The van der Waals surface area contributed by atoms with Gasteiger partial charge in [-0.15, -0.1) is 0 Å². The molecule has 1 heterocycles. The lowest BCUT2D eigenvalue weighted by Crippen LogP contribution is -2.46. The largest absolute Gasteiger partial charge is 0.346 e. The molecule has 0 bridgehead atoms. The maximum Gasteiger partial charge on any atom is 0.313 e. The van der Waals surface area contributed by atoms with Gasteiger partial charge in [-0.1, -0.05) is 31.2 Å². The quantitative estimate of drug-likeness (QED) is 0.641. The highest BCUT2D eigenvalue weighted by Gasteiger charge is 2.22. The Morgan fingerprint density at radius 3 is 2.23 bits per heavy atom. The molecule has 30 heavy (non-hydrogen) atoms. The zero-order valence-corrected chi connectivity index (χ0v) is 17.4. The van der Waals surface area contributed by atoms with Gasteiger partial charge < -0.3 is 16.0 Å². The summed E-state index contributed by atoms with van der Waals surface area (Å²) in [6.45, 7) is 6.00. The first-order valence-electron chi connectivity index (χ1n) is 10.3. The second-order valence-corrected chi connectivity index (χ2v) is 7.48. The Labute approximate surface area is 176 Å². The molecule has 0 aliphatic carbocycles. The van der Waals surface area contributed by atoms with Crippen LogP contribution in [0.3, 0.4) is 0 Å². The molecule has 0 radical (unpaired) electrons. The van der Waals surface area contributed by atoms with E-state index in [0.29, 0.717) is 24.3 Å². The lowest BCUT2D eigenvalue weighted by molar-refractivity contribution is -0.136. The van der Waals surface area contributed by atoms with Crippen LogP contribution in [0.25, 0.3) is 0 Å². The number of benzene rings is 2. The lowest BCUT2D eigenvalue weighted by Gasteiger charge is -2.33. The summed E-state index contributed by atoms with van der Waals surface area (Å²) in [5.41, 5.74) is 3.83. The molecule has 7 heteroatoms. The number of rotatable bonds is 6. The third-order valence-electron chi connectivity index (χ3n) is 5.30. The highest BCUT2D eigenvalue weighted by Crippen LogP contribution is 2.20. The zero-order chi connectivity index (χ0) is 21.5. The Balaban J connectivity index is 1.45. The lowest BCUT2D eigenvalue weighted by atomic mass is 9.99. The van der Waals surface area contributed by atoms with E-state index in [9.17, 15) is 14.4 Å². The summed E-state index contributed by atoms with van der Waals surface area (Å²) in [5.74, 6) is -1.46. The molecule has 0 fully saturated rings. The number of nitrogens with zero attached hydrogens (tertiary/aromatic N) is 1. The summed E-state index contributed by atoms with van der Waals surface area (Å²) >= 11 is 0. The van der Waals surface area contributed by atoms with E-state index in [4.69, 9.17) is 0 Å². The Morgan fingerprint density at radius 2 is 1.57 bits per heavy atom. The molecule has 3 amide bonds. The van der Waals surface area contributed by atoms with Crippen LogP contribution in [0.5, 0.6) is 0 Å². The van der Waals surface area contributed by atoms with Crippen LogP contribution < -0.4 is 16.0 Å². The van der Waals surface area contributed by atoms with E-state index in [1.807, 2.05) is 6.07 Å². The standard InChI is InChI=1S/C23H28N4O3/c1-3-21(28)25-19-8-10-20(11-9-19)26-23(30)22(29)24-14-16(2)27-13-12-17-6-4-5-7-18(17)15-27/h4-11,16H,3,12-15H2,1-2H3,(H,24,29)(H,25,28)(H,26,30). The molecule has 1 aliphatic rings. The van der Waals surface area contributed by atoms with Crippen molar-refractivity contribution >= 4 is 29.1 Å². The molecule has 2 aromatic rings. The third-order valence-corrected chi connectivity index (χ3v) is 5.30. The van der Waals surface area contributed by atoms with Crippen LogP contribution in [-0.2, 0) is 27.3 Å². The topological polar surface area (TPSA) is 90.5 Å². The first-order chi connectivity index (χ1) is 14.5. The van der Waals surface area contributed by atoms with Crippen molar-refractivity contribution in [2.45, 2.75) is 39.3 Å². The highest BCUT2D eigenvalue weighted by molar-refractivity contribution is 6.39. The van der Waals surface area contributed by atoms with E-state index < -0.39 is 11.8 Å². The number of amides is 3. The SMILES string of the molecule is CCC(=O)Nc1ccc(NC(=O)C(=O)NCC(C)N2CCc3ccccc3C2)cc1. The van der Waals surface area contributed by atoms with Gasteiger partial charge in [-0.05, 0) is 48.7 Å². The summed E-state index contributed by atoms with van der Waals surface area (Å²) in [6, 6.07) is 15.2. The van der Waals surface area contributed by atoms with Crippen molar-refractivity contribution in [2.24, 2.45) is 0 Å². The Bertz CT molecular complexity index is 911. The molecule has 0 saturated heterocycles. The second-order valence-electron chi connectivity index (χ2n) is 7.48. The molecule has 2 aromatic carbocycles. The highest BCUT2D eigenvalue weighted by atomic mass is 16.2. The van der Waals surface area contributed by atoms with E-state index in [1.165, 1.54) is 11.1 Å². The van der Waals surface area contributed by atoms with Gasteiger partial charge in [-0.3, -0.25) is 19.3 Å². The van der Waals surface area contributed by atoms with E-state index >= 15 is 0 Å². The molecule has 3 N–H and O–H groups in total. The Morgan fingerprint density at radius 1 is 0.933 bits per heavy atom. The predicted molar refractivity (Wildman–Crippen MR) is 117 cm³/mol. The van der Waals surface area contributed by atoms with Gasteiger partial charge in [-0.2, -0.15) is 0 Å². The molecule has 0 spiro atoms. The van der Waals surface area contributed by atoms with Gasteiger partial charge in [-0.25, -0.2) is 0 Å². The summed E-state index contributed by atoms with van der Waals surface area (Å²) in [6.07, 6.45) is 1.38. The van der Waals surface area contributed by atoms with E-state index in [0.717, 1.165) is 19.5 Å².